The van der Waals surface area contributed by atoms with Gasteiger partial charge in [0.15, 0.2) is 5.82 Å². The minimum atomic E-state index is 0.0229. The molecule has 0 aromatic carbocycles. The summed E-state index contributed by atoms with van der Waals surface area (Å²) in [6, 6.07) is 2.41. The molecule has 2 fully saturated rings. The fraction of sp³-hybridized carbons (Fsp3) is 0.750. The molecule has 1 aromatic heterocycles. The second-order valence-corrected chi connectivity index (χ2v) is 5.99. The monoisotopic (exact) mass is 291 g/mol. The van der Waals surface area contributed by atoms with Gasteiger partial charge in [0.2, 0.25) is 5.88 Å². The molecule has 0 spiro atoms. The van der Waals surface area contributed by atoms with Crippen molar-refractivity contribution in [2.24, 2.45) is 0 Å². The van der Waals surface area contributed by atoms with Crippen molar-refractivity contribution in [2.45, 2.75) is 63.5 Å². The van der Waals surface area contributed by atoms with E-state index in [9.17, 15) is 0 Å². The predicted octanol–water partition coefficient (Wildman–Crippen LogP) is 3.47. The Bertz CT molecular complexity index is 453. The molecular weight excluding hydrogens is 266 g/mol. The molecule has 1 saturated heterocycles. The number of ether oxygens (including phenoxy) is 2. The van der Waals surface area contributed by atoms with Crippen molar-refractivity contribution >= 4 is 5.82 Å². The fourth-order valence-corrected chi connectivity index (χ4v) is 3.18. The summed E-state index contributed by atoms with van der Waals surface area (Å²) in [6.45, 7) is 0.802. The molecule has 1 saturated carbocycles. The van der Waals surface area contributed by atoms with E-state index in [0.29, 0.717) is 11.9 Å². The third kappa shape index (κ3) is 3.84. The highest BCUT2D eigenvalue weighted by molar-refractivity contribution is 5.39. The molecule has 1 atom stereocenters. The molecule has 1 aliphatic carbocycles. The van der Waals surface area contributed by atoms with Crippen molar-refractivity contribution in [1.29, 1.82) is 0 Å². The molecule has 1 N–H and O–H groups in total. The van der Waals surface area contributed by atoms with E-state index in [2.05, 4.69) is 15.3 Å². The second kappa shape index (κ2) is 7.07. The van der Waals surface area contributed by atoms with Crippen LogP contribution >= 0.6 is 0 Å². The van der Waals surface area contributed by atoms with E-state index in [1.165, 1.54) is 38.5 Å². The number of anilines is 1. The Morgan fingerprint density at radius 2 is 1.90 bits per heavy atom. The first kappa shape index (κ1) is 14.6. The SMILES string of the molecule is COc1cc(NC2CCCCCC2)nc(C2CCCO2)n1. The summed E-state index contributed by atoms with van der Waals surface area (Å²) in [4.78, 5) is 9.11. The van der Waals surface area contributed by atoms with Crippen molar-refractivity contribution < 1.29 is 9.47 Å². The topological polar surface area (TPSA) is 56.3 Å². The van der Waals surface area contributed by atoms with Crippen LogP contribution in [0.25, 0.3) is 0 Å². The van der Waals surface area contributed by atoms with Crippen molar-refractivity contribution in [3.05, 3.63) is 11.9 Å². The fourth-order valence-electron chi connectivity index (χ4n) is 3.18. The molecule has 5 nitrogen and oxygen atoms in total. The van der Waals surface area contributed by atoms with E-state index < -0.39 is 0 Å². The van der Waals surface area contributed by atoms with E-state index in [1.54, 1.807) is 7.11 Å². The molecule has 1 unspecified atom stereocenters. The Morgan fingerprint density at radius 1 is 1.10 bits per heavy atom. The lowest BCUT2D eigenvalue weighted by atomic mass is 10.1. The molecule has 2 heterocycles. The second-order valence-electron chi connectivity index (χ2n) is 5.99. The molecular formula is C16H25N3O2. The standard InChI is InChI=1S/C16H25N3O2/c1-20-15-11-14(17-12-7-4-2-3-5-8-12)18-16(19-15)13-9-6-10-21-13/h11-13H,2-10H2,1H3,(H,17,18,19). The van der Waals surface area contributed by atoms with Crippen LogP contribution < -0.4 is 10.1 Å². The van der Waals surface area contributed by atoms with Crippen molar-refractivity contribution in [3.8, 4) is 5.88 Å². The Kier molecular flexibility index (Phi) is 4.91. The van der Waals surface area contributed by atoms with E-state index in [0.717, 1.165) is 31.1 Å². The molecule has 0 bridgehead atoms. The first-order chi connectivity index (χ1) is 10.3. The quantitative estimate of drug-likeness (QED) is 0.861. The largest absolute Gasteiger partial charge is 0.481 e. The summed E-state index contributed by atoms with van der Waals surface area (Å²) >= 11 is 0. The minimum absolute atomic E-state index is 0.0229. The van der Waals surface area contributed by atoms with Gasteiger partial charge in [0.1, 0.15) is 11.9 Å². The van der Waals surface area contributed by atoms with Crippen LogP contribution in [0.15, 0.2) is 6.07 Å². The maximum absolute atomic E-state index is 5.70. The third-order valence-corrected chi connectivity index (χ3v) is 4.35. The van der Waals surface area contributed by atoms with Gasteiger partial charge >= 0.3 is 0 Å². The van der Waals surface area contributed by atoms with Crippen LogP contribution in [0.3, 0.4) is 0 Å². The van der Waals surface area contributed by atoms with Crippen LogP contribution in [0.2, 0.25) is 0 Å². The Hall–Kier alpha value is -1.36. The molecule has 1 aliphatic heterocycles. The first-order valence-electron chi connectivity index (χ1n) is 8.16. The molecule has 1 aromatic rings. The van der Waals surface area contributed by atoms with Crippen molar-refractivity contribution in [2.75, 3.05) is 19.0 Å². The van der Waals surface area contributed by atoms with Gasteiger partial charge in [0.25, 0.3) is 0 Å². The Balaban J connectivity index is 1.74. The first-order valence-corrected chi connectivity index (χ1v) is 8.16. The summed E-state index contributed by atoms with van der Waals surface area (Å²) in [5.41, 5.74) is 0. The zero-order chi connectivity index (χ0) is 14.5. The molecule has 0 radical (unpaired) electrons. The highest BCUT2D eigenvalue weighted by Gasteiger charge is 2.22. The zero-order valence-electron chi connectivity index (χ0n) is 12.8. The van der Waals surface area contributed by atoms with Crippen molar-refractivity contribution in [3.63, 3.8) is 0 Å². The number of rotatable bonds is 4. The molecule has 21 heavy (non-hydrogen) atoms. The molecule has 5 heteroatoms. The maximum Gasteiger partial charge on any atom is 0.218 e. The minimum Gasteiger partial charge on any atom is -0.481 e. The average molecular weight is 291 g/mol. The Morgan fingerprint density at radius 3 is 2.57 bits per heavy atom. The van der Waals surface area contributed by atoms with Crippen molar-refractivity contribution in [1.82, 2.24) is 9.97 Å². The average Bonchev–Trinajstić information content (AvgIpc) is 2.93. The lowest BCUT2D eigenvalue weighted by Crippen LogP contribution is -2.20. The summed E-state index contributed by atoms with van der Waals surface area (Å²) in [5, 5.41) is 3.57. The van der Waals surface area contributed by atoms with Crippen LogP contribution in [-0.4, -0.2) is 29.7 Å². The number of hydrogen-bond acceptors (Lipinski definition) is 5. The van der Waals surface area contributed by atoms with Crippen LogP contribution in [0.5, 0.6) is 5.88 Å². The summed E-state index contributed by atoms with van der Waals surface area (Å²) in [5.74, 6) is 2.24. The van der Waals surface area contributed by atoms with Gasteiger partial charge in [0.05, 0.1) is 7.11 Å². The summed E-state index contributed by atoms with van der Waals surface area (Å²) < 4.78 is 11.0. The summed E-state index contributed by atoms with van der Waals surface area (Å²) in [7, 11) is 1.65. The van der Waals surface area contributed by atoms with Gasteiger partial charge in [-0.3, -0.25) is 0 Å². The van der Waals surface area contributed by atoms with Gasteiger partial charge in [0, 0.05) is 18.7 Å². The van der Waals surface area contributed by atoms with E-state index in [-0.39, 0.29) is 6.10 Å². The molecule has 3 rings (SSSR count). The van der Waals surface area contributed by atoms with Gasteiger partial charge in [-0.1, -0.05) is 25.7 Å². The summed E-state index contributed by atoms with van der Waals surface area (Å²) in [6.07, 6.45) is 9.86. The zero-order valence-corrected chi connectivity index (χ0v) is 12.8. The highest BCUT2D eigenvalue weighted by atomic mass is 16.5. The number of nitrogens with zero attached hydrogens (tertiary/aromatic N) is 2. The number of hydrogen-bond donors (Lipinski definition) is 1. The number of aromatic nitrogens is 2. The van der Waals surface area contributed by atoms with Gasteiger partial charge < -0.3 is 14.8 Å². The van der Waals surface area contributed by atoms with Gasteiger partial charge in [-0.25, -0.2) is 4.98 Å². The van der Waals surface area contributed by atoms with E-state index >= 15 is 0 Å². The van der Waals surface area contributed by atoms with Gasteiger partial charge in [-0.05, 0) is 25.7 Å². The van der Waals surface area contributed by atoms with Gasteiger partial charge in [-0.15, -0.1) is 0 Å². The maximum atomic E-state index is 5.70. The van der Waals surface area contributed by atoms with Gasteiger partial charge in [-0.2, -0.15) is 4.98 Å². The lowest BCUT2D eigenvalue weighted by molar-refractivity contribution is 0.104. The Labute approximate surface area is 126 Å². The number of nitrogens with one attached hydrogen (secondary N) is 1. The lowest BCUT2D eigenvalue weighted by Gasteiger charge is -2.18. The van der Waals surface area contributed by atoms with E-state index in [1.807, 2.05) is 6.07 Å². The van der Waals surface area contributed by atoms with Crippen LogP contribution in [0, 0.1) is 0 Å². The normalized spacial score (nSPS) is 23.8. The molecule has 116 valence electrons. The highest BCUT2D eigenvalue weighted by Crippen LogP contribution is 2.29. The predicted molar refractivity (Wildman–Crippen MR) is 81.6 cm³/mol. The smallest absolute Gasteiger partial charge is 0.218 e. The number of methoxy groups -OCH3 is 1. The third-order valence-electron chi connectivity index (χ3n) is 4.35. The van der Waals surface area contributed by atoms with Crippen LogP contribution in [-0.2, 0) is 4.74 Å². The molecule has 0 amide bonds. The van der Waals surface area contributed by atoms with E-state index in [4.69, 9.17) is 9.47 Å². The van der Waals surface area contributed by atoms with Crippen LogP contribution in [0.4, 0.5) is 5.82 Å². The van der Waals surface area contributed by atoms with Crippen LogP contribution in [0.1, 0.15) is 63.3 Å². The molecule has 2 aliphatic rings.